The summed E-state index contributed by atoms with van der Waals surface area (Å²) in [5.74, 6) is 1.00. The molecule has 2 heterocycles. The van der Waals surface area contributed by atoms with Gasteiger partial charge in [0.1, 0.15) is 11.2 Å². The van der Waals surface area contributed by atoms with E-state index in [1.165, 1.54) is 5.56 Å². The summed E-state index contributed by atoms with van der Waals surface area (Å²) in [6.45, 7) is 6.36. The number of rotatable bonds is 4. The molecule has 0 unspecified atom stereocenters. The number of aryl methyl sites for hydroxylation is 1. The maximum Gasteiger partial charge on any atom is 0.269 e. The summed E-state index contributed by atoms with van der Waals surface area (Å²) in [5, 5.41) is 5.10. The molecule has 0 aliphatic carbocycles. The van der Waals surface area contributed by atoms with Crippen LogP contribution < -0.4 is 5.56 Å². The number of nitrogens with zero attached hydrogens (tertiary/aromatic N) is 4. The monoisotopic (exact) mass is 420 g/mol. The molecule has 0 saturated carbocycles. The van der Waals surface area contributed by atoms with Gasteiger partial charge in [-0.05, 0) is 42.7 Å². The highest BCUT2D eigenvalue weighted by atomic mass is 16.1. The molecule has 0 bridgehead atoms. The summed E-state index contributed by atoms with van der Waals surface area (Å²) >= 11 is 0. The van der Waals surface area contributed by atoms with Gasteiger partial charge in [0.2, 0.25) is 0 Å². The van der Waals surface area contributed by atoms with Crippen LogP contribution in [0.25, 0.3) is 33.8 Å². The van der Waals surface area contributed by atoms with Crippen molar-refractivity contribution < 1.29 is 0 Å². The van der Waals surface area contributed by atoms with Crippen molar-refractivity contribution in [3.8, 4) is 22.8 Å². The molecular weight excluding hydrogens is 396 g/mol. The van der Waals surface area contributed by atoms with E-state index in [-0.39, 0.29) is 5.56 Å². The van der Waals surface area contributed by atoms with Crippen molar-refractivity contribution in [2.45, 2.75) is 26.7 Å². The largest absolute Gasteiger partial charge is 0.269 e. The van der Waals surface area contributed by atoms with Gasteiger partial charge in [0.15, 0.2) is 5.65 Å². The van der Waals surface area contributed by atoms with E-state index in [2.05, 4.69) is 31.1 Å². The van der Waals surface area contributed by atoms with Crippen molar-refractivity contribution in [3.63, 3.8) is 0 Å². The first-order valence-electron chi connectivity index (χ1n) is 10.8. The van der Waals surface area contributed by atoms with Crippen molar-refractivity contribution in [1.82, 2.24) is 19.3 Å². The molecule has 0 aliphatic rings. The number of para-hydroxylation sites is 1. The van der Waals surface area contributed by atoms with E-state index in [9.17, 15) is 4.79 Å². The SMILES string of the molecule is Cc1ccc(-c2nc3nn(-c4ccccc4)cc3c(=O)n2-c2ccc(C(C)C)cc2)cc1. The number of aromatic nitrogens is 4. The predicted octanol–water partition coefficient (Wildman–Crippen LogP) is 5.67. The topological polar surface area (TPSA) is 52.7 Å². The quantitative estimate of drug-likeness (QED) is 0.376. The highest BCUT2D eigenvalue weighted by molar-refractivity contribution is 5.77. The lowest BCUT2D eigenvalue weighted by Gasteiger charge is -2.14. The molecular formula is C27H24N4O. The van der Waals surface area contributed by atoms with E-state index < -0.39 is 0 Å². The Hall–Kier alpha value is -3.99. The molecule has 0 atom stereocenters. The summed E-state index contributed by atoms with van der Waals surface area (Å²) in [7, 11) is 0. The maximum atomic E-state index is 13.7. The average molecular weight is 421 g/mol. The third-order valence-electron chi connectivity index (χ3n) is 5.70. The smallest absolute Gasteiger partial charge is 0.268 e. The molecule has 158 valence electrons. The zero-order chi connectivity index (χ0) is 22.2. The lowest BCUT2D eigenvalue weighted by Crippen LogP contribution is -2.21. The second kappa shape index (κ2) is 7.93. The van der Waals surface area contributed by atoms with Crippen LogP contribution >= 0.6 is 0 Å². The van der Waals surface area contributed by atoms with Gasteiger partial charge in [-0.25, -0.2) is 9.67 Å². The molecule has 5 nitrogen and oxygen atoms in total. The number of benzene rings is 3. The first-order valence-corrected chi connectivity index (χ1v) is 10.8. The fraction of sp³-hybridized carbons (Fsp3) is 0.148. The Bertz CT molecular complexity index is 1440. The number of hydrogen-bond acceptors (Lipinski definition) is 3. The van der Waals surface area contributed by atoms with Gasteiger partial charge in [-0.1, -0.05) is 74.0 Å². The van der Waals surface area contributed by atoms with E-state index in [1.54, 1.807) is 15.4 Å². The normalized spacial score (nSPS) is 11.4. The molecule has 0 spiro atoms. The van der Waals surface area contributed by atoms with Gasteiger partial charge in [0.25, 0.3) is 5.56 Å². The molecule has 2 aromatic heterocycles. The molecule has 0 amide bonds. The van der Waals surface area contributed by atoms with E-state index in [0.29, 0.717) is 22.8 Å². The molecule has 5 heteroatoms. The van der Waals surface area contributed by atoms with Gasteiger partial charge in [-0.3, -0.25) is 9.36 Å². The lowest BCUT2D eigenvalue weighted by atomic mass is 10.0. The van der Waals surface area contributed by atoms with Gasteiger partial charge in [0.05, 0.1) is 11.4 Å². The maximum absolute atomic E-state index is 13.7. The Labute approximate surface area is 186 Å². The third kappa shape index (κ3) is 3.52. The van der Waals surface area contributed by atoms with Gasteiger partial charge in [0, 0.05) is 11.8 Å². The van der Waals surface area contributed by atoms with Crippen LogP contribution in [-0.2, 0) is 0 Å². The van der Waals surface area contributed by atoms with E-state index >= 15 is 0 Å². The fourth-order valence-corrected chi connectivity index (χ4v) is 3.82. The Kier molecular flexibility index (Phi) is 4.94. The minimum Gasteiger partial charge on any atom is -0.268 e. The van der Waals surface area contributed by atoms with Crippen LogP contribution in [0, 0.1) is 6.92 Å². The van der Waals surface area contributed by atoms with Gasteiger partial charge >= 0.3 is 0 Å². The minimum atomic E-state index is -0.134. The summed E-state index contributed by atoms with van der Waals surface area (Å²) in [6.07, 6.45) is 1.76. The molecule has 0 saturated heterocycles. The van der Waals surface area contributed by atoms with Crippen LogP contribution in [0.4, 0.5) is 0 Å². The summed E-state index contributed by atoms with van der Waals surface area (Å²) in [4.78, 5) is 18.6. The molecule has 5 rings (SSSR count). The van der Waals surface area contributed by atoms with Gasteiger partial charge in [-0.15, -0.1) is 5.10 Å². The summed E-state index contributed by atoms with van der Waals surface area (Å²) in [5.41, 5.74) is 5.22. The molecule has 3 aromatic carbocycles. The number of fused-ring (bicyclic) bond motifs is 1. The van der Waals surface area contributed by atoms with Crippen LogP contribution in [-0.4, -0.2) is 19.3 Å². The zero-order valence-corrected chi connectivity index (χ0v) is 18.4. The minimum absolute atomic E-state index is 0.134. The van der Waals surface area contributed by atoms with E-state index in [4.69, 9.17) is 4.98 Å². The Morgan fingerprint density at radius 2 is 1.50 bits per heavy atom. The Morgan fingerprint density at radius 1 is 0.812 bits per heavy atom. The predicted molar refractivity (Wildman–Crippen MR) is 129 cm³/mol. The second-order valence-electron chi connectivity index (χ2n) is 8.33. The van der Waals surface area contributed by atoms with Crippen LogP contribution in [0.2, 0.25) is 0 Å². The van der Waals surface area contributed by atoms with E-state index in [0.717, 1.165) is 22.5 Å². The highest BCUT2D eigenvalue weighted by Crippen LogP contribution is 2.24. The number of hydrogen-bond donors (Lipinski definition) is 0. The fourth-order valence-electron chi connectivity index (χ4n) is 3.82. The molecule has 0 fully saturated rings. The molecule has 0 aliphatic heterocycles. The highest BCUT2D eigenvalue weighted by Gasteiger charge is 2.17. The summed E-state index contributed by atoms with van der Waals surface area (Å²) < 4.78 is 3.40. The Morgan fingerprint density at radius 3 is 2.16 bits per heavy atom. The van der Waals surface area contributed by atoms with Crippen molar-refractivity contribution in [1.29, 1.82) is 0 Å². The Balaban J connectivity index is 1.77. The van der Waals surface area contributed by atoms with Crippen molar-refractivity contribution in [2.24, 2.45) is 0 Å². The first-order chi connectivity index (χ1) is 15.5. The van der Waals surface area contributed by atoms with Crippen LogP contribution in [0.15, 0.2) is 89.9 Å². The molecule has 0 N–H and O–H groups in total. The first kappa shape index (κ1) is 19.9. The van der Waals surface area contributed by atoms with Crippen LogP contribution in [0.3, 0.4) is 0 Å². The third-order valence-corrected chi connectivity index (χ3v) is 5.70. The van der Waals surface area contributed by atoms with Crippen molar-refractivity contribution in [2.75, 3.05) is 0 Å². The van der Waals surface area contributed by atoms with Gasteiger partial charge in [-0.2, -0.15) is 0 Å². The molecule has 32 heavy (non-hydrogen) atoms. The van der Waals surface area contributed by atoms with Crippen LogP contribution in [0.1, 0.15) is 30.9 Å². The molecule has 5 aromatic rings. The molecule has 0 radical (unpaired) electrons. The van der Waals surface area contributed by atoms with Gasteiger partial charge < -0.3 is 0 Å². The lowest BCUT2D eigenvalue weighted by molar-refractivity contribution is 0.863. The average Bonchev–Trinajstić information content (AvgIpc) is 3.25. The van der Waals surface area contributed by atoms with Crippen molar-refractivity contribution in [3.05, 3.63) is 107 Å². The van der Waals surface area contributed by atoms with Crippen LogP contribution in [0.5, 0.6) is 0 Å². The standard InChI is InChI=1S/C27H24N4O/c1-18(2)20-13-15-23(16-14-20)31-26(21-11-9-19(3)10-12-21)28-25-24(27(31)32)17-30(29-25)22-7-5-4-6-8-22/h4-18H,1-3H3. The zero-order valence-electron chi connectivity index (χ0n) is 18.4. The van der Waals surface area contributed by atoms with E-state index in [1.807, 2.05) is 73.7 Å². The second-order valence-corrected chi connectivity index (χ2v) is 8.33. The summed E-state index contributed by atoms with van der Waals surface area (Å²) in [6, 6.07) is 25.9. The van der Waals surface area contributed by atoms with Crippen molar-refractivity contribution >= 4 is 11.0 Å².